The molecule has 2 aromatic rings. The number of halogens is 3. The molecule has 4 nitrogen and oxygen atoms in total. The highest BCUT2D eigenvalue weighted by Gasteiger charge is 2.32. The van der Waals surface area contributed by atoms with Crippen LogP contribution in [0, 0.1) is 6.92 Å². The number of phenolic OH excluding ortho intramolecular Hbond substituents is 1. The maximum absolute atomic E-state index is 13.0. The molecule has 0 aliphatic rings. The Hall–Kier alpha value is -1.71. The number of nitrogens with one attached hydrogen (secondary N) is 1. The van der Waals surface area contributed by atoms with E-state index in [1.807, 2.05) is 6.92 Å². The van der Waals surface area contributed by atoms with E-state index in [1.165, 1.54) is 11.8 Å². The summed E-state index contributed by atoms with van der Waals surface area (Å²) in [7, 11) is -3.95. The molecule has 0 aliphatic heterocycles. The van der Waals surface area contributed by atoms with Crippen LogP contribution in [0.4, 0.5) is 13.2 Å². The third kappa shape index (κ3) is 6.38. The van der Waals surface area contributed by atoms with Gasteiger partial charge in [0, 0.05) is 16.7 Å². The van der Waals surface area contributed by atoms with Gasteiger partial charge in [0.1, 0.15) is 5.75 Å². The van der Waals surface area contributed by atoms with E-state index in [-0.39, 0.29) is 34.4 Å². The summed E-state index contributed by atoms with van der Waals surface area (Å²) < 4.78 is 66.8. The van der Waals surface area contributed by atoms with E-state index in [1.54, 1.807) is 32.0 Å². The summed E-state index contributed by atoms with van der Waals surface area (Å²) in [4.78, 5) is 0.762. The number of hydrogen-bond donors (Lipinski definition) is 2. The van der Waals surface area contributed by atoms with Crippen LogP contribution in [0.25, 0.3) is 0 Å². The van der Waals surface area contributed by atoms with Gasteiger partial charge < -0.3 is 5.11 Å². The van der Waals surface area contributed by atoms with Gasteiger partial charge in [-0.1, -0.05) is 20.3 Å². The van der Waals surface area contributed by atoms with Crippen molar-refractivity contribution in [1.82, 2.24) is 4.72 Å². The minimum atomic E-state index is -4.52. The van der Waals surface area contributed by atoms with Gasteiger partial charge in [0.2, 0.25) is 10.0 Å². The summed E-state index contributed by atoms with van der Waals surface area (Å²) in [6, 6.07) is 7.86. The first-order valence-electron chi connectivity index (χ1n) is 9.10. The fourth-order valence-corrected chi connectivity index (χ4v) is 5.27. The van der Waals surface area contributed by atoms with Crippen LogP contribution in [0.2, 0.25) is 0 Å². The molecular formula is C20H24F3NO3S2. The standard InChI is InChI=1S/C20H24F3NO3S2/c1-4-5-15-11-16(20(21,22)23)6-9-19(15)29(26,27)24-12-14(3)28-17-7-8-18(25)13(2)10-17/h6-11,14,24-25H,4-5,12H2,1-3H3. The van der Waals surface area contributed by atoms with E-state index in [0.29, 0.717) is 6.42 Å². The predicted molar refractivity (Wildman–Crippen MR) is 109 cm³/mol. The molecule has 2 aromatic carbocycles. The van der Waals surface area contributed by atoms with E-state index in [9.17, 15) is 26.7 Å². The number of thioether (sulfide) groups is 1. The molecular weight excluding hydrogens is 423 g/mol. The van der Waals surface area contributed by atoms with E-state index in [2.05, 4.69) is 4.72 Å². The van der Waals surface area contributed by atoms with Gasteiger partial charge in [-0.15, -0.1) is 11.8 Å². The topological polar surface area (TPSA) is 66.4 Å². The molecule has 0 amide bonds. The number of sulfonamides is 1. The quantitative estimate of drug-likeness (QED) is 0.551. The average molecular weight is 448 g/mol. The summed E-state index contributed by atoms with van der Waals surface area (Å²) in [5.74, 6) is 0.188. The smallest absolute Gasteiger partial charge is 0.416 e. The Morgan fingerprint density at radius 2 is 1.86 bits per heavy atom. The van der Waals surface area contributed by atoms with Crippen LogP contribution in [0.5, 0.6) is 5.75 Å². The molecule has 2 N–H and O–H groups in total. The molecule has 0 fully saturated rings. The number of aromatic hydroxyl groups is 1. The summed E-state index contributed by atoms with van der Waals surface area (Å²) in [5, 5.41) is 9.46. The van der Waals surface area contributed by atoms with Gasteiger partial charge in [-0.25, -0.2) is 13.1 Å². The molecule has 1 unspecified atom stereocenters. The van der Waals surface area contributed by atoms with Crippen molar-refractivity contribution in [2.24, 2.45) is 0 Å². The number of rotatable bonds is 8. The maximum atomic E-state index is 13.0. The minimum Gasteiger partial charge on any atom is -0.508 e. The Bertz CT molecular complexity index is 960. The lowest BCUT2D eigenvalue weighted by Gasteiger charge is -2.16. The molecule has 0 saturated carbocycles. The number of aryl methyl sites for hydroxylation is 2. The van der Waals surface area contributed by atoms with Gasteiger partial charge in [0.25, 0.3) is 0 Å². The van der Waals surface area contributed by atoms with Crippen LogP contribution in [0.3, 0.4) is 0 Å². The fourth-order valence-electron chi connectivity index (χ4n) is 2.76. The van der Waals surface area contributed by atoms with Crippen molar-refractivity contribution in [3.8, 4) is 5.75 Å². The molecule has 0 heterocycles. The zero-order chi connectivity index (χ0) is 21.8. The minimum absolute atomic E-state index is 0.111. The Kier molecular flexibility index (Phi) is 7.64. The molecule has 2 rings (SSSR count). The van der Waals surface area contributed by atoms with Crippen molar-refractivity contribution in [3.63, 3.8) is 0 Å². The second-order valence-corrected chi connectivity index (χ2v) is 10.0. The largest absolute Gasteiger partial charge is 0.508 e. The van der Waals surface area contributed by atoms with Gasteiger partial charge in [-0.3, -0.25) is 0 Å². The van der Waals surface area contributed by atoms with E-state index < -0.39 is 21.8 Å². The zero-order valence-electron chi connectivity index (χ0n) is 16.4. The van der Waals surface area contributed by atoms with E-state index in [4.69, 9.17) is 0 Å². The third-order valence-corrected chi connectivity index (χ3v) is 6.88. The highest BCUT2D eigenvalue weighted by Crippen LogP contribution is 2.32. The third-order valence-electron chi connectivity index (χ3n) is 4.26. The Balaban J connectivity index is 2.14. The summed E-state index contributed by atoms with van der Waals surface area (Å²) >= 11 is 1.44. The van der Waals surface area contributed by atoms with Crippen molar-refractivity contribution >= 4 is 21.8 Å². The van der Waals surface area contributed by atoms with Crippen LogP contribution in [-0.2, 0) is 22.6 Å². The second kappa shape index (κ2) is 9.40. The molecule has 160 valence electrons. The maximum Gasteiger partial charge on any atom is 0.416 e. The normalized spacial score (nSPS) is 13.4. The second-order valence-electron chi connectivity index (χ2n) is 6.80. The Morgan fingerprint density at radius 3 is 2.45 bits per heavy atom. The zero-order valence-corrected chi connectivity index (χ0v) is 18.0. The van der Waals surface area contributed by atoms with E-state index in [0.717, 1.165) is 28.7 Å². The first-order valence-corrected chi connectivity index (χ1v) is 11.5. The van der Waals surface area contributed by atoms with Crippen LogP contribution in [0.15, 0.2) is 46.2 Å². The summed E-state index contributed by atoms with van der Waals surface area (Å²) in [6.07, 6.45) is -3.76. The van der Waals surface area contributed by atoms with Gasteiger partial charge >= 0.3 is 6.18 Å². The molecule has 0 saturated heterocycles. The van der Waals surface area contributed by atoms with Gasteiger partial charge in [0.15, 0.2) is 0 Å². The lowest BCUT2D eigenvalue weighted by atomic mass is 10.1. The molecule has 0 spiro atoms. The Labute approximate surface area is 173 Å². The first kappa shape index (κ1) is 23.6. The van der Waals surface area contributed by atoms with Crippen LogP contribution in [-0.4, -0.2) is 25.3 Å². The van der Waals surface area contributed by atoms with Crippen molar-refractivity contribution < 1.29 is 26.7 Å². The fraction of sp³-hybridized carbons (Fsp3) is 0.400. The molecule has 0 aliphatic carbocycles. The highest BCUT2D eigenvalue weighted by molar-refractivity contribution is 8.00. The lowest BCUT2D eigenvalue weighted by Crippen LogP contribution is -2.30. The van der Waals surface area contributed by atoms with E-state index >= 15 is 0 Å². The molecule has 1 atom stereocenters. The molecule has 9 heteroatoms. The number of alkyl halides is 3. The predicted octanol–water partition coefficient (Wildman–Crippen LogP) is 5.13. The SMILES string of the molecule is CCCc1cc(C(F)(F)F)ccc1S(=O)(=O)NCC(C)Sc1ccc(O)c(C)c1. The van der Waals surface area contributed by atoms with Crippen molar-refractivity contribution in [2.45, 2.75) is 54.8 Å². The average Bonchev–Trinajstić information content (AvgIpc) is 2.62. The highest BCUT2D eigenvalue weighted by atomic mass is 32.2. The van der Waals surface area contributed by atoms with Crippen molar-refractivity contribution in [1.29, 1.82) is 0 Å². The van der Waals surface area contributed by atoms with Gasteiger partial charge in [0.05, 0.1) is 10.5 Å². The van der Waals surface area contributed by atoms with Gasteiger partial charge in [-0.05, 0) is 60.9 Å². The Morgan fingerprint density at radius 1 is 1.17 bits per heavy atom. The summed E-state index contributed by atoms with van der Waals surface area (Å²) in [6.45, 7) is 5.50. The van der Waals surface area contributed by atoms with Gasteiger partial charge in [-0.2, -0.15) is 13.2 Å². The molecule has 0 bridgehead atoms. The van der Waals surface area contributed by atoms with Crippen molar-refractivity contribution in [3.05, 3.63) is 53.1 Å². The number of phenols is 1. The van der Waals surface area contributed by atoms with Crippen LogP contribution >= 0.6 is 11.8 Å². The lowest BCUT2D eigenvalue weighted by molar-refractivity contribution is -0.137. The first-order chi connectivity index (χ1) is 13.4. The summed E-state index contributed by atoms with van der Waals surface area (Å²) in [5.41, 5.74) is 0.0209. The van der Waals surface area contributed by atoms with Crippen molar-refractivity contribution in [2.75, 3.05) is 6.54 Å². The molecule has 0 radical (unpaired) electrons. The van der Waals surface area contributed by atoms with Crippen LogP contribution in [0.1, 0.15) is 37.0 Å². The molecule has 29 heavy (non-hydrogen) atoms. The van der Waals surface area contributed by atoms with Crippen LogP contribution < -0.4 is 4.72 Å². The monoisotopic (exact) mass is 447 g/mol. The number of hydrogen-bond acceptors (Lipinski definition) is 4. The molecule has 0 aromatic heterocycles. The number of benzene rings is 2.